The molecule has 2 aromatic rings. The van der Waals surface area contributed by atoms with Crippen LogP contribution in [-0.2, 0) is 4.79 Å². The Bertz CT molecular complexity index is 971. The quantitative estimate of drug-likeness (QED) is 0.580. The molecule has 2 aliphatic rings. The Morgan fingerprint density at radius 2 is 1.76 bits per heavy atom. The number of carbonyl (C=O) groups excluding carboxylic acids is 2. The molecule has 0 aromatic heterocycles. The van der Waals surface area contributed by atoms with E-state index in [1.165, 1.54) is 0 Å². The summed E-state index contributed by atoms with van der Waals surface area (Å²) in [5.41, 5.74) is 3.89. The lowest BCUT2D eigenvalue weighted by atomic mass is 9.87. The second-order valence-corrected chi connectivity index (χ2v) is 7.73. The summed E-state index contributed by atoms with van der Waals surface area (Å²) < 4.78 is 10.7. The Morgan fingerprint density at radius 1 is 1.00 bits per heavy atom. The van der Waals surface area contributed by atoms with Crippen molar-refractivity contribution in [3.63, 3.8) is 0 Å². The number of hydrogen-bond donors (Lipinski definition) is 0. The Morgan fingerprint density at radius 3 is 2.52 bits per heavy atom. The van der Waals surface area contributed by atoms with Crippen LogP contribution >= 0.6 is 0 Å². The van der Waals surface area contributed by atoms with E-state index >= 15 is 0 Å². The number of carbonyl (C=O) groups is 2. The number of likely N-dealkylation sites (tertiary alicyclic amines) is 1. The lowest BCUT2D eigenvalue weighted by molar-refractivity contribution is -0.127. The van der Waals surface area contributed by atoms with Gasteiger partial charge < -0.3 is 14.4 Å². The van der Waals surface area contributed by atoms with Crippen molar-refractivity contribution in [2.45, 2.75) is 26.7 Å². The molecular formula is C24H25NO4. The van der Waals surface area contributed by atoms with E-state index in [0.717, 1.165) is 28.0 Å². The van der Waals surface area contributed by atoms with Crippen LogP contribution in [0.3, 0.4) is 0 Å². The first-order valence-electron chi connectivity index (χ1n) is 9.99. The maximum atomic E-state index is 12.9. The topological polar surface area (TPSA) is 55.8 Å². The average molecular weight is 391 g/mol. The van der Waals surface area contributed by atoms with Gasteiger partial charge in [0, 0.05) is 30.6 Å². The second kappa shape index (κ2) is 8.11. The first-order chi connectivity index (χ1) is 14.0. The summed E-state index contributed by atoms with van der Waals surface area (Å²) in [6, 6.07) is 11.6. The van der Waals surface area contributed by atoms with E-state index in [0.29, 0.717) is 31.7 Å². The van der Waals surface area contributed by atoms with Crippen LogP contribution in [0.25, 0.3) is 6.08 Å². The highest BCUT2D eigenvalue weighted by molar-refractivity contribution is 5.99. The fourth-order valence-electron chi connectivity index (χ4n) is 3.96. The predicted octanol–water partition coefficient (Wildman–Crippen LogP) is 4.17. The Hall–Kier alpha value is -3.08. The minimum absolute atomic E-state index is 0.0155. The number of ketones is 1. The van der Waals surface area contributed by atoms with E-state index < -0.39 is 0 Å². The van der Waals surface area contributed by atoms with Crippen LogP contribution in [0.15, 0.2) is 42.5 Å². The van der Waals surface area contributed by atoms with Crippen LogP contribution < -0.4 is 9.47 Å². The van der Waals surface area contributed by atoms with Gasteiger partial charge in [-0.05, 0) is 56.0 Å². The van der Waals surface area contributed by atoms with Gasteiger partial charge in [0.15, 0.2) is 17.3 Å². The number of ether oxygens (including phenoxy) is 2. The van der Waals surface area contributed by atoms with Gasteiger partial charge in [-0.3, -0.25) is 9.59 Å². The highest BCUT2D eigenvalue weighted by Crippen LogP contribution is 2.33. The Labute approximate surface area is 170 Å². The van der Waals surface area contributed by atoms with Crippen molar-refractivity contribution >= 4 is 17.8 Å². The fraction of sp³-hybridized carbons (Fsp3) is 0.333. The lowest BCUT2D eigenvalue weighted by Gasteiger charge is -2.31. The first-order valence-corrected chi connectivity index (χ1v) is 9.99. The number of Topliss-reactive ketones (excluding diaryl/α,β-unsaturated/α-hetero) is 1. The summed E-state index contributed by atoms with van der Waals surface area (Å²) >= 11 is 0. The van der Waals surface area contributed by atoms with Crippen molar-refractivity contribution in [2.75, 3.05) is 19.9 Å². The molecule has 1 fully saturated rings. The SMILES string of the molecule is Cc1ccc(C(=O)C2CCN(C(=O)/C=C/c3ccc4c(c3)OCO4)CC2)c(C)c1. The van der Waals surface area contributed by atoms with E-state index in [4.69, 9.17) is 9.47 Å². The molecule has 2 aromatic carbocycles. The van der Waals surface area contributed by atoms with Gasteiger partial charge in [0.25, 0.3) is 0 Å². The summed E-state index contributed by atoms with van der Waals surface area (Å²) in [5.74, 6) is 1.58. The molecule has 150 valence electrons. The van der Waals surface area contributed by atoms with Crippen LogP contribution in [-0.4, -0.2) is 36.5 Å². The number of nitrogens with zero attached hydrogens (tertiary/aromatic N) is 1. The van der Waals surface area contributed by atoms with Crippen LogP contribution in [0, 0.1) is 19.8 Å². The zero-order chi connectivity index (χ0) is 20.4. The molecule has 0 atom stereocenters. The zero-order valence-corrected chi connectivity index (χ0v) is 16.8. The molecular weight excluding hydrogens is 366 g/mol. The van der Waals surface area contributed by atoms with Crippen molar-refractivity contribution in [3.8, 4) is 11.5 Å². The highest BCUT2D eigenvalue weighted by atomic mass is 16.7. The summed E-state index contributed by atoms with van der Waals surface area (Å²) in [7, 11) is 0. The number of benzene rings is 2. The molecule has 5 heteroatoms. The van der Waals surface area contributed by atoms with E-state index in [9.17, 15) is 9.59 Å². The molecule has 0 spiro atoms. The van der Waals surface area contributed by atoms with Crippen LogP contribution in [0.1, 0.15) is 39.9 Å². The van der Waals surface area contributed by atoms with Crippen LogP contribution in [0.5, 0.6) is 11.5 Å². The van der Waals surface area contributed by atoms with Gasteiger partial charge in [-0.25, -0.2) is 0 Å². The molecule has 1 amide bonds. The number of piperidine rings is 1. The normalized spacial score (nSPS) is 16.4. The van der Waals surface area contributed by atoms with Crippen LogP contribution in [0.2, 0.25) is 0 Å². The monoisotopic (exact) mass is 391 g/mol. The first kappa shape index (κ1) is 19.2. The maximum absolute atomic E-state index is 12.9. The third kappa shape index (κ3) is 4.19. The number of fused-ring (bicyclic) bond motifs is 1. The van der Waals surface area contributed by atoms with Gasteiger partial charge in [0.05, 0.1) is 0 Å². The van der Waals surface area contributed by atoms with Crippen molar-refractivity contribution in [2.24, 2.45) is 5.92 Å². The minimum atomic E-state index is -0.0277. The van der Waals surface area contributed by atoms with E-state index in [1.807, 2.05) is 55.1 Å². The van der Waals surface area contributed by atoms with E-state index in [-0.39, 0.29) is 24.4 Å². The summed E-state index contributed by atoms with van der Waals surface area (Å²) in [4.78, 5) is 27.2. The molecule has 0 N–H and O–H groups in total. The zero-order valence-electron chi connectivity index (χ0n) is 16.8. The maximum Gasteiger partial charge on any atom is 0.246 e. The molecule has 0 aliphatic carbocycles. The molecule has 2 aliphatic heterocycles. The molecule has 2 heterocycles. The van der Waals surface area contributed by atoms with Gasteiger partial charge >= 0.3 is 0 Å². The van der Waals surface area contributed by atoms with Crippen molar-refractivity contribution in [3.05, 3.63) is 64.7 Å². The van der Waals surface area contributed by atoms with Gasteiger partial charge in [0.1, 0.15) is 0 Å². The third-order valence-electron chi connectivity index (χ3n) is 5.64. The molecule has 1 saturated heterocycles. The standard InChI is InChI=1S/C24H25NO4/c1-16-3-6-20(17(2)13-16)24(27)19-9-11-25(12-10-19)23(26)8-5-18-4-7-21-22(14-18)29-15-28-21/h3-8,13-14,19H,9-12,15H2,1-2H3/b8-5+. The molecule has 4 rings (SSSR count). The minimum Gasteiger partial charge on any atom is -0.454 e. The van der Waals surface area contributed by atoms with E-state index in [2.05, 4.69) is 0 Å². The summed E-state index contributed by atoms with van der Waals surface area (Å²) in [6.45, 7) is 5.46. The van der Waals surface area contributed by atoms with Crippen LogP contribution in [0.4, 0.5) is 0 Å². The molecule has 0 bridgehead atoms. The van der Waals surface area contributed by atoms with Gasteiger partial charge in [0.2, 0.25) is 12.7 Å². The molecule has 0 unspecified atom stereocenters. The van der Waals surface area contributed by atoms with E-state index in [1.54, 1.807) is 12.2 Å². The lowest BCUT2D eigenvalue weighted by Crippen LogP contribution is -2.39. The predicted molar refractivity (Wildman–Crippen MR) is 111 cm³/mol. The largest absolute Gasteiger partial charge is 0.454 e. The number of amides is 1. The summed E-state index contributed by atoms with van der Waals surface area (Å²) in [6.07, 6.45) is 4.78. The fourth-order valence-corrected chi connectivity index (χ4v) is 3.96. The summed E-state index contributed by atoms with van der Waals surface area (Å²) in [5, 5.41) is 0. The number of aryl methyl sites for hydroxylation is 2. The van der Waals surface area contributed by atoms with Gasteiger partial charge in [-0.2, -0.15) is 0 Å². The number of hydrogen-bond acceptors (Lipinski definition) is 4. The highest BCUT2D eigenvalue weighted by Gasteiger charge is 2.28. The van der Waals surface area contributed by atoms with Crippen molar-refractivity contribution in [1.29, 1.82) is 0 Å². The Kier molecular flexibility index (Phi) is 5.38. The third-order valence-corrected chi connectivity index (χ3v) is 5.64. The second-order valence-electron chi connectivity index (χ2n) is 7.73. The smallest absolute Gasteiger partial charge is 0.246 e. The molecule has 5 nitrogen and oxygen atoms in total. The number of rotatable bonds is 4. The average Bonchev–Trinajstić information content (AvgIpc) is 3.19. The Balaban J connectivity index is 1.34. The van der Waals surface area contributed by atoms with Crippen molar-refractivity contribution in [1.82, 2.24) is 4.90 Å². The van der Waals surface area contributed by atoms with Crippen molar-refractivity contribution < 1.29 is 19.1 Å². The molecule has 0 saturated carbocycles. The molecule has 0 radical (unpaired) electrons. The van der Waals surface area contributed by atoms with Gasteiger partial charge in [-0.15, -0.1) is 0 Å². The molecule has 29 heavy (non-hydrogen) atoms. The van der Waals surface area contributed by atoms with Gasteiger partial charge in [-0.1, -0.05) is 29.8 Å².